The van der Waals surface area contributed by atoms with Gasteiger partial charge in [0.2, 0.25) is 0 Å². The van der Waals surface area contributed by atoms with Crippen molar-refractivity contribution in [2.75, 3.05) is 5.32 Å². The fraction of sp³-hybridized carbons (Fsp3) is 0.0625. The van der Waals surface area contributed by atoms with Crippen LogP contribution >= 0.6 is 23.2 Å². The Kier molecular flexibility index (Phi) is 3.95. The Morgan fingerprint density at radius 1 is 1.05 bits per heavy atom. The molecule has 2 aromatic carbocycles. The maximum absolute atomic E-state index is 13.4. The van der Waals surface area contributed by atoms with Crippen LogP contribution < -0.4 is 5.32 Å². The number of rotatable bonds is 3. The lowest BCUT2D eigenvalue weighted by molar-refractivity contribution is 0.626. The maximum atomic E-state index is 13.4. The first kappa shape index (κ1) is 14.1. The van der Waals surface area contributed by atoms with Gasteiger partial charge in [0.05, 0.1) is 21.2 Å². The first-order chi connectivity index (χ1) is 10.1. The van der Waals surface area contributed by atoms with Gasteiger partial charge in [-0.25, -0.2) is 4.39 Å². The molecule has 0 saturated carbocycles. The van der Waals surface area contributed by atoms with E-state index in [1.165, 1.54) is 6.07 Å². The van der Waals surface area contributed by atoms with Gasteiger partial charge in [-0.2, -0.15) is 0 Å². The largest absolute Gasteiger partial charge is 0.379 e. The first-order valence-corrected chi connectivity index (χ1v) is 7.12. The minimum atomic E-state index is -0.421. The smallest absolute Gasteiger partial charge is 0.142 e. The van der Waals surface area contributed by atoms with Crippen molar-refractivity contribution in [2.24, 2.45) is 0 Å². The monoisotopic (exact) mass is 320 g/mol. The van der Waals surface area contributed by atoms with Crippen LogP contribution in [0.1, 0.15) is 5.56 Å². The van der Waals surface area contributed by atoms with Gasteiger partial charge in [0.1, 0.15) is 5.82 Å². The Bertz CT molecular complexity index is 805. The molecule has 1 aromatic heterocycles. The zero-order chi connectivity index (χ0) is 14.8. The number of benzene rings is 2. The van der Waals surface area contributed by atoms with Gasteiger partial charge in [-0.15, -0.1) is 0 Å². The Labute approximate surface area is 131 Å². The molecule has 0 amide bonds. The van der Waals surface area contributed by atoms with E-state index in [2.05, 4.69) is 10.3 Å². The third-order valence-electron chi connectivity index (χ3n) is 3.18. The second kappa shape index (κ2) is 5.88. The summed E-state index contributed by atoms with van der Waals surface area (Å²) in [5, 5.41) is 4.90. The van der Waals surface area contributed by atoms with E-state index in [0.29, 0.717) is 11.6 Å². The molecule has 0 unspecified atom stereocenters. The number of aromatic nitrogens is 1. The second-order valence-corrected chi connectivity index (χ2v) is 5.41. The number of hydrogen-bond acceptors (Lipinski definition) is 2. The van der Waals surface area contributed by atoms with E-state index in [4.69, 9.17) is 23.2 Å². The molecule has 5 heteroatoms. The zero-order valence-electron chi connectivity index (χ0n) is 10.9. The second-order valence-electron chi connectivity index (χ2n) is 4.60. The van der Waals surface area contributed by atoms with Crippen LogP contribution in [0, 0.1) is 5.82 Å². The topological polar surface area (TPSA) is 24.9 Å². The van der Waals surface area contributed by atoms with Crippen molar-refractivity contribution in [3.8, 4) is 0 Å². The molecule has 106 valence electrons. The summed E-state index contributed by atoms with van der Waals surface area (Å²) in [4.78, 5) is 4.34. The summed E-state index contributed by atoms with van der Waals surface area (Å²) < 4.78 is 13.4. The lowest BCUT2D eigenvalue weighted by atomic mass is 10.1. The normalized spacial score (nSPS) is 10.8. The standard InChI is InChI=1S/C16H11Cl2FN2/c17-12-5-6-15(16-11(12)2-1-7-20-16)21-9-10-3-4-13(18)14(19)8-10/h1-8,21H,9H2. The number of pyridine rings is 1. The van der Waals surface area contributed by atoms with Crippen molar-refractivity contribution >= 4 is 39.8 Å². The van der Waals surface area contributed by atoms with Crippen molar-refractivity contribution in [3.63, 3.8) is 0 Å². The highest BCUT2D eigenvalue weighted by atomic mass is 35.5. The Hall–Kier alpha value is -1.84. The summed E-state index contributed by atoms with van der Waals surface area (Å²) in [5.74, 6) is -0.421. The van der Waals surface area contributed by atoms with E-state index < -0.39 is 5.82 Å². The zero-order valence-corrected chi connectivity index (χ0v) is 12.4. The minimum absolute atomic E-state index is 0.123. The van der Waals surface area contributed by atoms with Crippen LogP contribution in [0.4, 0.5) is 10.1 Å². The van der Waals surface area contributed by atoms with Gasteiger partial charge in [-0.1, -0.05) is 29.3 Å². The molecule has 3 rings (SSSR count). The molecular formula is C16H11Cl2FN2. The molecule has 0 aliphatic rings. The fourth-order valence-electron chi connectivity index (χ4n) is 2.13. The van der Waals surface area contributed by atoms with E-state index in [1.807, 2.05) is 24.3 Å². The highest BCUT2D eigenvalue weighted by Crippen LogP contribution is 2.28. The summed E-state index contributed by atoms with van der Waals surface area (Å²) in [6.45, 7) is 0.474. The molecule has 0 radical (unpaired) electrons. The molecule has 0 saturated heterocycles. The number of hydrogen-bond donors (Lipinski definition) is 1. The van der Waals surface area contributed by atoms with Crippen LogP contribution in [0.5, 0.6) is 0 Å². The van der Waals surface area contributed by atoms with Crippen LogP contribution in [-0.4, -0.2) is 4.98 Å². The summed E-state index contributed by atoms with van der Waals surface area (Å²) in [7, 11) is 0. The van der Waals surface area contributed by atoms with E-state index in [1.54, 1.807) is 18.3 Å². The van der Waals surface area contributed by atoms with Crippen LogP contribution in [0.3, 0.4) is 0 Å². The molecule has 1 N–H and O–H groups in total. The molecule has 3 aromatic rings. The molecule has 0 fully saturated rings. The van der Waals surface area contributed by atoms with Crippen molar-refractivity contribution < 1.29 is 4.39 Å². The van der Waals surface area contributed by atoms with Crippen molar-refractivity contribution in [1.82, 2.24) is 4.98 Å². The maximum Gasteiger partial charge on any atom is 0.142 e. The van der Waals surface area contributed by atoms with Crippen LogP contribution in [0.25, 0.3) is 10.9 Å². The first-order valence-electron chi connectivity index (χ1n) is 6.36. The van der Waals surface area contributed by atoms with Gasteiger partial charge in [0.15, 0.2) is 0 Å². The average molecular weight is 321 g/mol. The van der Waals surface area contributed by atoms with Crippen molar-refractivity contribution in [3.05, 3.63) is 70.1 Å². The quantitative estimate of drug-likeness (QED) is 0.709. The van der Waals surface area contributed by atoms with Gasteiger partial charge in [0, 0.05) is 18.1 Å². The van der Waals surface area contributed by atoms with E-state index in [9.17, 15) is 4.39 Å². The van der Waals surface area contributed by atoms with Gasteiger partial charge in [0.25, 0.3) is 0 Å². The number of nitrogens with zero attached hydrogens (tertiary/aromatic N) is 1. The van der Waals surface area contributed by atoms with Gasteiger partial charge in [-0.3, -0.25) is 4.98 Å². The molecular weight excluding hydrogens is 310 g/mol. The molecule has 1 heterocycles. The third-order valence-corrected chi connectivity index (χ3v) is 3.82. The van der Waals surface area contributed by atoms with Gasteiger partial charge >= 0.3 is 0 Å². The summed E-state index contributed by atoms with van der Waals surface area (Å²) >= 11 is 11.8. The van der Waals surface area contributed by atoms with Crippen molar-refractivity contribution in [2.45, 2.75) is 6.54 Å². The Morgan fingerprint density at radius 2 is 1.86 bits per heavy atom. The summed E-state index contributed by atoms with van der Waals surface area (Å²) in [6.07, 6.45) is 1.71. The van der Waals surface area contributed by atoms with Crippen LogP contribution in [-0.2, 0) is 6.54 Å². The summed E-state index contributed by atoms with van der Waals surface area (Å²) in [5.41, 5.74) is 2.45. The lowest BCUT2D eigenvalue weighted by Gasteiger charge is -2.10. The van der Waals surface area contributed by atoms with E-state index in [0.717, 1.165) is 22.2 Å². The fourth-order valence-corrected chi connectivity index (χ4v) is 2.46. The number of halogens is 3. The van der Waals surface area contributed by atoms with Gasteiger partial charge < -0.3 is 5.32 Å². The number of anilines is 1. The predicted molar refractivity (Wildman–Crippen MR) is 85.5 cm³/mol. The Balaban J connectivity index is 1.88. The lowest BCUT2D eigenvalue weighted by Crippen LogP contribution is -2.01. The molecule has 0 aliphatic heterocycles. The van der Waals surface area contributed by atoms with Crippen LogP contribution in [0.2, 0.25) is 10.0 Å². The molecule has 0 spiro atoms. The molecule has 0 bridgehead atoms. The SMILES string of the molecule is Fc1cc(CNc2ccc(Cl)c3cccnc23)ccc1Cl. The summed E-state index contributed by atoms with van der Waals surface area (Å²) in [6, 6.07) is 12.2. The molecule has 2 nitrogen and oxygen atoms in total. The van der Waals surface area contributed by atoms with E-state index >= 15 is 0 Å². The third kappa shape index (κ3) is 2.94. The minimum Gasteiger partial charge on any atom is -0.379 e. The Morgan fingerprint density at radius 3 is 2.67 bits per heavy atom. The number of nitrogens with one attached hydrogen (secondary N) is 1. The van der Waals surface area contributed by atoms with Gasteiger partial charge in [-0.05, 0) is 42.0 Å². The highest BCUT2D eigenvalue weighted by Gasteiger charge is 2.06. The predicted octanol–water partition coefficient (Wildman–Crippen LogP) is 5.29. The molecule has 21 heavy (non-hydrogen) atoms. The highest BCUT2D eigenvalue weighted by molar-refractivity contribution is 6.35. The van der Waals surface area contributed by atoms with Crippen molar-refractivity contribution in [1.29, 1.82) is 0 Å². The van der Waals surface area contributed by atoms with E-state index in [-0.39, 0.29) is 5.02 Å². The van der Waals surface area contributed by atoms with Crippen LogP contribution in [0.15, 0.2) is 48.7 Å². The average Bonchev–Trinajstić information content (AvgIpc) is 2.50. The molecule has 0 aliphatic carbocycles. The molecule has 0 atom stereocenters. The number of fused-ring (bicyclic) bond motifs is 1.